The second kappa shape index (κ2) is 10.4. The SMILES string of the molecule is Cc1cccc(CC(=O)N(Cc2cccc(Br)c2)[C@@H](C)C(=O)NCC(C)C)c1. The average Bonchev–Trinajstić information content (AvgIpc) is 2.63. The van der Waals surface area contributed by atoms with Crippen LogP contribution in [0.4, 0.5) is 0 Å². The van der Waals surface area contributed by atoms with Gasteiger partial charge < -0.3 is 10.2 Å². The van der Waals surface area contributed by atoms with E-state index in [1.165, 1.54) is 0 Å². The summed E-state index contributed by atoms with van der Waals surface area (Å²) in [7, 11) is 0. The van der Waals surface area contributed by atoms with E-state index in [0.29, 0.717) is 19.0 Å². The molecule has 4 nitrogen and oxygen atoms in total. The molecule has 0 spiro atoms. The van der Waals surface area contributed by atoms with Crippen LogP contribution >= 0.6 is 15.9 Å². The Bertz CT molecular complexity index is 820. The maximum Gasteiger partial charge on any atom is 0.242 e. The highest BCUT2D eigenvalue weighted by Crippen LogP contribution is 2.17. The van der Waals surface area contributed by atoms with Crippen LogP contribution in [-0.4, -0.2) is 29.3 Å². The topological polar surface area (TPSA) is 49.4 Å². The Morgan fingerprint density at radius 3 is 2.36 bits per heavy atom. The van der Waals surface area contributed by atoms with Crippen LogP contribution in [0.15, 0.2) is 53.0 Å². The second-order valence-electron chi connectivity index (χ2n) is 7.63. The third-order valence-corrected chi connectivity index (χ3v) is 5.02. The molecular formula is C23H29BrN2O2. The fourth-order valence-corrected chi connectivity index (χ4v) is 3.41. The number of hydrogen-bond donors (Lipinski definition) is 1. The Labute approximate surface area is 176 Å². The molecule has 0 saturated heterocycles. The minimum atomic E-state index is -0.546. The van der Waals surface area contributed by atoms with E-state index in [1.54, 1.807) is 11.8 Å². The zero-order valence-corrected chi connectivity index (χ0v) is 18.6. The van der Waals surface area contributed by atoms with Gasteiger partial charge in [-0.1, -0.05) is 71.7 Å². The van der Waals surface area contributed by atoms with Crippen LogP contribution in [0.25, 0.3) is 0 Å². The smallest absolute Gasteiger partial charge is 0.242 e. The van der Waals surface area contributed by atoms with Gasteiger partial charge in [-0.2, -0.15) is 0 Å². The Hall–Kier alpha value is -2.14. The number of benzene rings is 2. The highest BCUT2D eigenvalue weighted by molar-refractivity contribution is 9.10. The van der Waals surface area contributed by atoms with E-state index in [4.69, 9.17) is 0 Å². The zero-order chi connectivity index (χ0) is 20.7. The van der Waals surface area contributed by atoms with Gasteiger partial charge in [0.1, 0.15) is 6.04 Å². The molecule has 0 aliphatic rings. The fraction of sp³-hybridized carbons (Fsp3) is 0.391. The van der Waals surface area contributed by atoms with E-state index in [-0.39, 0.29) is 18.2 Å². The fourth-order valence-electron chi connectivity index (χ4n) is 2.97. The summed E-state index contributed by atoms with van der Waals surface area (Å²) < 4.78 is 0.952. The lowest BCUT2D eigenvalue weighted by Crippen LogP contribution is -2.48. The van der Waals surface area contributed by atoms with Crippen molar-refractivity contribution in [2.75, 3.05) is 6.54 Å². The first-order valence-corrected chi connectivity index (χ1v) is 10.4. The van der Waals surface area contributed by atoms with Crippen LogP contribution in [0.1, 0.15) is 37.5 Å². The van der Waals surface area contributed by atoms with E-state index in [9.17, 15) is 9.59 Å². The molecule has 0 saturated carbocycles. The molecule has 0 radical (unpaired) electrons. The maximum absolute atomic E-state index is 13.1. The van der Waals surface area contributed by atoms with Crippen molar-refractivity contribution in [3.8, 4) is 0 Å². The molecule has 2 amide bonds. The highest BCUT2D eigenvalue weighted by atomic mass is 79.9. The van der Waals surface area contributed by atoms with Crippen LogP contribution in [-0.2, 0) is 22.6 Å². The van der Waals surface area contributed by atoms with Gasteiger partial charge in [-0.15, -0.1) is 0 Å². The summed E-state index contributed by atoms with van der Waals surface area (Å²) in [4.78, 5) is 27.4. The standard InChI is InChI=1S/C23H29BrN2O2/c1-16(2)14-25-23(28)18(4)26(15-20-9-6-10-21(24)12-20)22(27)13-19-8-5-7-17(3)11-19/h5-12,16,18H,13-15H2,1-4H3,(H,25,28)/t18-/m0/s1. The molecule has 0 unspecified atom stereocenters. The summed E-state index contributed by atoms with van der Waals surface area (Å²) in [6.07, 6.45) is 0.275. The van der Waals surface area contributed by atoms with Crippen molar-refractivity contribution in [1.82, 2.24) is 10.2 Å². The van der Waals surface area contributed by atoms with Crippen LogP contribution in [0, 0.1) is 12.8 Å². The number of carbonyl (C=O) groups excluding carboxylic acids is 2. The molecule has 1 N–H and O–H groups in total. The van der Waals surface area contributed by atoms with E-state index in [0.717, 1.165) is 21.2 Å². The molecule has 0 heterocycles. The molecule has 150 valence electrons. The molecule has 0 aliphatic carbocycles. The molecule has 0 aromatic heterocycles. The van der Waals surface area contributed by atoms with Gasteiger partial charge in [-0.3, -0.25) is 9.59 Å². The van der Waals surface area contributed by atoms with Gasteiger partial charge in [0.05, 0.1) is 6.42 Å². The van der Waals surface area contributed by atoms with Crippen molar-refractivity contribution >= 4 is 27.7 Å². The van der Waals surface area contributed by atoms with Crippen molar-refractivity contribution in [2.45, 2.75) is 46.7 Å². The van der Waals surface area contributed by atoms with Gasteiger partial charge in [0.2, 0.25) is 11.8 Å². The first-order chi connectivity index (χ1) is 13.3. The van der Waals surface area contributed by atoms with Crippen molar-refractivity contribution < 1.29 is 9.59 Å². The van der Waals surface area contributed by atoms with E-state index in [1.807, 2.05) is 69.3 Å². The molecule has 28 heavy (non-hydrogen) atoms. The van der Waals surface area contributed by atoms with Gasteiger partial charge in [-0.05, 0) is 43.0 Å². The predicted molar refractivity (Wildman–Crippen MR) is 117 cm³/mol. The van der Waals surface area contributed by atoms with Crippen LogP contribution in [0.2, 0.25) is 0 Å². The van der Waals surface area contributed by atoms with Gasteiger partial charge in [0.15, 0.2) is 0 Å². The molecule has 0 bridgehead atoms. The number of amides is 2. The van der Waals surface area contributed by atoms with Crippen LogP contribution in [0.3, 0.4) is 0 Å². The summed E-state index contributed by atoms with van der Waals surface area (Å²) in [5.74, 6) is 0.178. The Kier molecular flexibility index (Phi) is 8.24. The molecule has 0 fully saturated rings. The third-order valence-electron chi connectivity index (χ3n) is 4.53. The number of nitrogens with one attached hydrogen (secondary N) is 1. The molecule has 2 aromatic carbocycles. The first-order valence-electron chi connectivity index (χ1n) is 9.63. The maximum atomic E-state index is 13.1. The van der Waals surface area contributed by atoms with E-state index >= 15 is 0 Å². The first kappa shape index (κ1) is 22.2. The Morgan fingerprint density at radius 2 is 1.71 bits per heavy atom. The lowest BCUT2D eigenvalue weighted by molar-refractivity contribution is -0.140. The number of aryl methyl sites for hydroxylation is 1. The largest absolute Gasteiger partial charge is 0.354 e. The Morgan fingerprint density at radius 1 is 1.04 bits per heavy atom. The molecule has 2 rings (SSSR count). The summed E-state index contributed by atoms with van der Waals surface area (Å²) in [5, 5.41) is 2.95. The quantitative estimate of drug-likeness (QED) is 0.651. The van der Waals surface area contributed by atoms with Gasteiger partial charge in [0, 0.05) is 17.6 Å². The van der Waals surface area contributed by atoms with Crippen molar-refractivity contribution in [3.63, 3.8) is 0 Å². The molecule has 1 atom stereocenters. The van der Waals surface area contributed by atoms with Gasteiger partial charge in [0.25, 0.3) is 0 Å². The number of nitrogens with zero attached hydrogens (tertiary/aromatic N) is 1. The summed E-state index contributed by atoms with van der Waals surface area (Å²) in [6, 6.07) is 15.2. The lowest BCUT2D eigenvalue weighted by atomic mass is 10.1. The second-order valence-corrected chi connectivity index (χ2v) is 8.55. The van der Waals surface area contributed by atoms with Gasteiger partial charge in [-0.25, -0.2) is 0 Å². The monoisotopic (exact) mass is 444 g/mol. The molecule has 5 heteroatoms. The van der Waals surface area contributed by atoms with Crippen LogP contribution < -0.4 is 5.32 Å². The lowest BCUT2D eigenvalue weighted by Gasteiger charge is -2.29. The van der Waals surface area contributed by atoms with Crippen molar-refractivity contribution in [3.05, 3.63) is 69.7 Å². The number of halogens is 1. The minimum absolute atomic E-state index is 0.0576. The van der Waals surface area contributed by atoms with Gasteiger partial charge >= 0.3 is 0 Å². The summed E-state index contributed by atoms with van der Waals surface area (Å²) in [6.45, 7) is 8.89. The van der Waals surface area contributed by atoms with E-state index in [2.05, 4.69) is 21.2 Å². The normalized spacial score (nSPS) is 11.9. The number of carbonyl (C=O) groups is 2. The van der Waals surface area contributed by atoms with Crippen molar-refractivity contribution in [1.29, 1.82) is 0 Å². The summed E-state index contributed by atoms with van der Waals surface area (Å²) >= 11 is 3.47. The molecule has 0 aliphatic heterocycles. The highest BCUT2D eigenvalue weighted by Gasteiger charge is 2.26. The van der Waals surface area contributed by atoms with E-state index < -0.39 is 6.04 Å². The molecule has 2 aromatic rings. The predicted octanol–water partition coefficient (Wildman–Crippen LogP) is 4.49. The minimum Gasteiger partial charge on any atom is -0.354 e. The number of hydrogen-bond acceptors (Lipinski definition) is 2. The molecular weight excluding hydrogens is 416 g/mol. The summed E-state index contributed by atoms with van der Waals surface area (Å²) in [5.41, 5.74) is 3.06. The Balaban J connectivity index is 2.21. The van der Waals surface area contributed by atoms with Crippen molar-refractivity contribution in [2.24, 2.45) is 5.92 Å². The van der Waals surface area contributed by atoms with Crippen LogP contribution in [0.5, 0.6) is 0 Å². The number of rotatable bonds is 8. The zero-order valence-electron chi connectivity index (χ0n) is 17.0. The third kappa shape index (κ3) is 6.79. The average molecular weight is 445 g/mol.